The molecule has 8 atom stereocenters. The predicted molar refractivity (Wildman–Crippen MR) is 141 cm³/mol. The first kappa shape index (κ1) is 30.0. The Bertz CT molecular complexity index is 943. The van der Waals surface area contributed by atoms with Gasteiger partial charge >= 0.3 is 5.97 Å². The van der Waals surface area contributed by atoms with E-state index in [0.29, 0.717) is 13.0 Å². The molecular weight excluding hydrogens is 490 g/mol. The van der Waals surface area contributed by atoms with E-state index >= 15 is 0 Å². The van der Waals surface area contributed by atoms with Crippen molar-refractivity contribution in [2.24, 2.45) is 11.8 Å². The van der Waals surface area contributed by atoms with E-state index in [0.717, 1.165) is 24.8 Å². The highest BCUT2D eigenvalue weighted by Crippen LogP contribution is 2.43. The number of hydrazine groups is 1. The molecule has 2 amide bonds. The van der Waals surface area contributed by atoms with E-state index in [1.165, 1.54) is 13.0 Å². The number of amides is 2. The first-order valence-electron chi connectivity index (χ1n) is 13.4. The topological polar surface area (TPSA) is 142 Å². The summed E-state index contributed by atoms with van der Waals surface area (Å²) < 4.78 is 23.1. The molecule has 0 bridgehead atoms. The lowest BCUT2D eigenvalue weighted by molar-refractivity contribution is -0.143. The molecule has 1 spiro atoms. The molecule has 3 fully saturated rings. The van der Waals surface area contributed by atoms with Gasteiger partial charge in [-0.15, -0.1) is 0 Å². The number of nitrogens with two attached hydrogens (primary N) is 1. The second-order valence-corrected chi connectivity index (χ2v) is 10.9. The predicted octanol–water partition coefficient (Wildman–Crippen LogP) is 2.38. The van der Waals surface area contributed by atoms with Gasteiger partial charge in [-0.1, -0.05) is 30.7 Å². The van der Waals surface area contributed by atoms with Crippen LogP contribution in [0.2, 0.25) is 0 Å². The van der Waals surface area contributed by atoms with Gasteiger partial charge in [0.1, 0.15) is 6.10 Å². The molecule has 0 aromatic heterocycles. The van der Waals surface area contributed by atoms with Crippen molar-refractivity contribution in [2.75, 3.05) is 6.61 Å². The smallest absolute Gasteiger partial charge is 0.303 e. The minimum atomic E-state index is -0.461. The van der Waals surface area contributed by atoms with Crippen molar-refractivity contribution in [1.29, 1.82) is 0 Å². The van der Waals surface area contributed by atoms with Crippen molar-refractivity contribution in [3.8, 4) is 0 Å². The number of carbonyl (C=O) groups is 3. The number of carbonyl (C=O) groups excluding carboxylic acids is 3. The summed E-state index contributed by atoms with van der Waals surface area (Å²) in [5, 5.41) is 3.01. The molecule has 3 saturated heterocycles. The SMILES string of the molecule is CC(=O)O[C@@H](C)/C=C\C(=O)N[C@@H]1C[C@H](C)[C@H](C/C=C(C)/C=C/[C@@H]2CC3(CO3)C[C@@H](CC(=O)NN)O2)O[C@@H]1C. The van der Waals surface area contributed by atoms with Crippen LogP contribution in [0.5, 0.6) is 0 Å². The van der Waals surface area contributed by atoms with Crippen LogP contribution in [-0.2, 0) is 33.3 Å². The van der Waals surface area contributed by atoms with Crippen LogP contribution in [0.15, 0.2) is 36.0 Å². The third kappa shape index (κ3) is 9.34. The van der Waals surface area contributed by atoms with Crippen molar-refractivity contribution in [3.05, 3.63) is 36.0 Å². The van der Waals surface area contributed by atoms with E-state index in [1.807, 2.05) is 19.9 Å². The Morgan fingerprint density at radius 2 is 1.89 bits per heavy atom. The fourth-order valence-electron chi connectivity index (χ4n) is 5.14. The first-order valence-corrected chi connectivity index (χ1v) is 13.4. The molecule has 3 rings (SSSR count). The maximum absolute atomic E-state index is 12.3. The maximum Gasteiger partial charge on any atom is 0.303 e. The summed E-state index contributed by atoms with van der Waals surface area (Å²) >= 11 is 0. The zero-order valence-electron chi connectivity index (χ0n) is 23.1. The summed E-state index contributed by atoms with van der Waals surface area (Å²) in [5.41, 5.74) is 3.10. The molecule has 0 radical (unpaired) electrons. The van der Waals surface area contributed by atoms with Crippen LogP contribution in [0.4, 0.5) is 0 Å². The number of hydrogen-bond donors (Lipinski definition) is 3. The minimum absolute atomic E-state index is 0.0502. The average molecular weight is 534 g/mol. The lowest BCUT2D eigenvalue weighted by Crippen LogP contribution is -2.50. The molecule has 3 aliphatic heterocycles. The van der Waals surface area contributed by atoms with E-state index in [-0.39, 0.29) is 66.2 Å². The molecule has 10 heteroatoms. The third-order valence-electron chi connectivity index (χ3n) is 7.33. The molecule has 0 aromatic rings. The Morgan fingerprint density at radius 3 is 2.55 bits per heavy atom. The molecule has 4 N–H and O–H groups in total. The molecule has 10 nitrogen and oxygen atoms in total. The standard InChI is InChI=1S/C28H43N3O7/c1-17(6-9-22-14-28(16-35-28)15-23(38-22)13-27(34)31-29)7-10-25-18(2)12-24(20(4)37-25)30-26(33)11-8-19(3)36-21(5)32/h6-9,11,18-20,22-25H,10,12-16,29H2,1-5H3,(H,30,33)(H,31,34)/b9-6+,11-8-,17-7+/t18-,19-,20+,22+,23+,24+,25-,28?/m0/s1. The number of allylic oxidation sites excluding steroid dienone is 2. The Balaban J connectivity index is 1.47. The highest BCUT2D eigenvalue weighted by molar-refractivity contribution is 5.87. The Hall–Kier alpha value is -2.53. The van der Waals surface area contributed by atoms with Crippen molar-refractivity contribution in [1.82, 2.24) is 10.7 Å². The van der Waals surface area contributed by atoms with Gasteiger partial charge in [-0.3, -0.25) is 19.8 Å². The van der Waals surface area contributed by atoms with Gasteiger partial charge in [0.2, 0.25) is 11.8 Å². The number of ether oxygens (including phenoxy) is 4. The number of epoxide rings is 1. The zero-order chi connectivity index (χ0) is 27.9. The summed E-state index contributed by atoms with van der Waals surface area (Å²) in [4.78, 5) is 35.0. The van der Waals surface area contributed by atoms with Crippen molar-refractivity contribution in [2.45, 2.75) is 109 Å². The molecular formula is C28H43N3O7. The second-order valence-electron chi connectivity index (χ2n) is 10.9. The normalized spacial score (nSPS) is 34.3. The molecule has 1 unspecified atom stereocenters. The van der Waals surface area contributed by atoms with Gasteiger partial charge in [-0.2, -0.15) is 0 Å². The maximum atomic E-state index is 12.3. The molecule has 38 heavy (non-hydrogen) atoms. The number of rotatable bonds is 10. The third-order valence-corrected chi connectivity index (χ3v) is 7.33. The van der Waals surface area contributed by atoms with E-state index < -0.39 is 6.10 Å². The fourth-order valence-corrected chi connectivity index (χ4v) is 5.14. The summed E-state index contributed by atoms with van der Waals surface area (Å²) in [6.07, 6.45) is 11.6. The van der Waals surface area contributed by atoms with Crippen LogP contribution in [0, 0.1) is 5.92 Å². The highest BCUT2D eigenvalue weighted by Gasteiger charge is 2.51. The average Bonchev–Trinajstić information content (AvgIpc) is 3.59. The highest BCUT2D eigenvalue weighted by atomic mass is 16.6. The first-order chi connectivity index (χ1) is 18.0. The van der Waals surface area contributed by atoms with Gasteiger partial charge < -0.3 is 24.3 Å². The Kier molecular flexibility index (Phi) is 10.7. The van der Waals surface area contributed by atoms with E-state index in [1.54, 1.807) is 13.0 Å². The van der Waals surface area contributed by atoms with Gasteiger partial charge in [-0.25, -0.2) is 5.84 Å². The van der Waals surface area contributed by atoms with Gasteiger partial charge in [0.05, 0.1) is 49.1 Å². The van der Waals surface area contributed by atoms with Crippen LogP contribution in [0.1, 0.15) is 66.7 Å². The minimum Gasteiger partial charge on any atom is -0.459 e. The van der Waals surface area contributed by atoms with Crippen LogP contribution in [0.3, 0.4) is 0 Å². The van der Waals surface area contributed by atoms with Gasteiger partial charge in [0.15, 0.2) is 0 Å². The monoisotopic (exact) mass is 533 g/mol. The fraction of sp³-hybridized carbons (Fsp3) is 0.679. The van der Waals surface area contributed by atoms with Crippen molar-refractivity contribution in [3.63, 3.8) is 0 Å². The largest absolute Gasteiger partial charge is 0.459 e. The summed E-state index contributed by atoms with van der Waals surface area (Å²) in [5.74, 6) is 4.63. The van der Waals surface area contributed by atoms with E-state index in [4.69, 9.17) is 24.8 Å². The Morgan fingerprint density at radius 1 is 1.16 bits per heavy atom. The quantitative estimate of drug-likeness (QED) is 0.0739. The van der Waals surface area contributed by atoms with Gasteiger partial charge in [-0.05, 0) is 45.6 Å². The van der Waals surface area contributed by atoms with Gasteiger partial charge in [0, 0.05) is 25.8 Å². The van der Waals surface area contributed by atoms with Crippen LogP contribution in [0.25, 0.3) is 0 Å². The lowest BCUT2D eigenvalue weighted by atomic mass is 9.88. The Labute approximate surface area is 225 Å². The molecule has 3 heterocycles. The summed E-state index contributed by atoms with van der Waals surface area (Å²) in [6.45, 7) is 9.90. The number of nitrogens with one attached hydrogen (secondary N) is 2. The summed E-state index contributed by atoms with van der Waals surface area (Å²) in [6, 6.07) is -0.0953. The van der Waals surface area contributed by atoms with Gasteiger partial charge in [0.25, 0.3) is 0 Å². The van der Waals surface area contributed by atoms with Crippen LogP contribution in [-0.4, -0.2) is 66.6 Å². The van der Waals surface area contributed by atoms with Crippen molar-refractivity contribution >= 4 is 17.8 Å². The second kappa shape index (κ2) is 13.5. The van der Waals surface area contributed by atoms with Crippen LogP contribution >= 0.6 is 0 Å². The summed E-state index contributed by atoms with van der Waals surface area (Å²) in [7, 11) is 0. The zero-order valence-corrected chi connectivity index (χ0v) is 23.1. The van der Waals surface area contributed by atoms with E-state index in [9.17, 15) is 14.4 Å². The number of hydrogen-bond acceptors (Lipinski definition) is 8. The van der Waals surface area contributed by atoms with E-state index in [2.05, 4.69) is 29.8 Å². The molecule has 3 aliphatic rings. The number of esters is 1. The molecule has 212 valence electrons. The molecule has 0 saturated carbocycles. The van der Waals surface area contributed by atoms with Crippen LogP contribution < -0.4 is 16.6 Å². The molecule has 0 aliphatic carbocycles. The lowest BCUT2D eigenvalue weighted by Gasteiger charge is -2.39. The van der Waals surface area contributed by atoms with Crippen molar-refractivity contribution < 1.29 is 33.3 Å². The molecule has 0 aromatic carbocycles.